The number of hydrogen-bond donors (Lipinski definition) is 1. The summed E-state index contributed by atoms with van der Waals surface area (Å²) < 4.78 is 0. The van der Waals surface area contributed by atoms with E-state index >= 15 is 0 Å². The molecule has 3 saturated heterocycles. The standard InChI is InChI=1S/C15H25N3O2/c1-10(2)6-17-7-11(5-14(17)19)15(20)18-8-12-3-4-13(9-18)16-12/h10-13,16H,3-9H2,1-2H3/t11-,12-,13+/m1/s1. The van der Waals surface area contributed by atoms with Gasteiger partial charge >= 0.3 is 0 Å². The maximum absolute atomic E-state index is 12.6. The summed E-state index contributed by atoms with van der Waals surface area (Å²) in [6.45, 7) is 7.26. The van der Waals surface area contributed by atoms with Crippen LogP contribution >= 0.6 is 0 Å². The second-order valence-electron chi connectivity index (χ2n) is 6.97. The highest BCUT2D eigenvalue weighted by Crippen LogP contribution is 2.25. The van der Waals surface area contributed by atoms with Crippen LogP contribution in [0.5, 0.6) is 0 Å². The van der Waals surface area contributed by atoms with Gasteiger partial charge in [-0.1, -0.05) is 13.8 Å². The number of hydrogen-bond acceptors (Lipinski definition) is 3. The van der Waals surface area contributed by atoms with Crippen LogP contribution in [0.4, 0.5) is 0 Å². The van der Waals surface area contributed by atoms with Crippen LogP contribution in [0.1, 0.15) is 33.1 Å². The number of carbonyl (C=O) groups is 2. The van der Waals surface area contributed by atoms with Crippen LogP contribution in [-0.2, 0) is 9.59 Å². The molecule has 2 bridgehead atoms. The summed E-state index contributed by atoms with van der Waals surface area (Å²) in [5.74, 6) is 0.694. The summed E-state index contributed by atoms with van der Waals surface area (Å²) in [6, 6.07) is 0.947. The van der Waals surface area contributed by atoms with Gasteiger partial charge in [-0.25, -0.2) is 0 Å². The fourth-order valence-electron chi connectivity index (χ4n) is 3.79. The van der Waals surface area contributed by atoms with E-state index in [2.05, 4.69) is 19.2 Å². The molecule has 0 aromatic carbocycles. The van der Waals surface area contributed by atoms with E-state index < -0.39 is 0 Å². The highest BCUT2D eigenvalue weighted by Gasteiger charge is 2.40. The van der Waals surface area contributed by atoms with Gasteiger partial charge in [-0.3, -0.25) is 9.59 Å². The lowest BCUT2D eigenvalue weighted by atomic mass is 10.1. The van der Waals surface area contributed by atoms with Gasteiger partial charge in [0, 0.05) is 44.7 Å². The minimum atomic E-state index is -0.112. The van der Waals surface area contributed by atoms with Crippen molar-refractivity contribution in [3.05, 3.63) is 0 Å². The fourth-order valence-corrected chi connectivity index (χ4v) is 3.79. The summed E-state index contributed by atoms with van der Waals surface area (Å²) in [7, 11) is 0. The van der Waals surface area contributed by atoms with Crippen LogP contribution < -0.4 is 5.32 Å². The summed E-state index contributed by atoms with van der Waals surface area (Å²) >= 11 is 0. The Labute approximate surface area is 120 Å². The fraction of sp³-hybridized carbons (Fsp3) is 0.867. The third kappa shape index (κ3) is 2.68. The molecule has 0 unspecified atom stereocenters. The van der Waals surface area contributed by atoms with Crippen LogP contribution in [-0.4, -0.2) is 59.9 Å². The van der Waals surface area contributed by atoms with E-state index in [4.69, 9.17) is 0 Å². The van der Waals surface area contributed by atoms with Crippen molar-refractivity contribution in [1.82, 2.24) is 15.1 Å². The zero-order valence-electron chi connectivity index (χ0n) is 12.5. The maximum atomic E-state index is 12.6. The van der Waals surface area contributed by atoms with E-state index in [9.17, 15) is 9.59 Å². The lowest BCUT2D eigenvalue weighted by Crippen LogP contribution is -2.54. The molecule has 0 saturated carbocycles. The van der Waals surface area contributed by atoms with Crippen molar-refractivity contribution in [2.75, 3.05) is 26.2 Å². The number of likely N-dealkylation sites (tertiary alicyclic amines) is 2. The predicted molar refractivity (Wildman–Crippen MR) is 76.1 cm³/mol. The van der Waals surface area contributed by atoms with Crippen molar-refractivity contribution < 1.29 is 9.59 Å². The monoisotopic (exact) mass is 279 g/mol. The number of rotatable bonds is 3. The number of piperazine rings is 1. The van der Waals surface area contributed by atoms with E-state index in [1.807, 2.05) is 9.80 Å². The molecule has 2 amide bonds. The van der Waals surface area contributed by atoms with Gasteiger partial charge in [0.1, 0.15) is 0 Å². The summed E-state index contributed by atoms with van der Waals surface area (Å²) in [6.07, 6.45) is 2.76. The van der Waals surface area contributed by atoms with Gasteiger partial charge in [-0.05, 0) is 18.8 Å². The first-order chi connectivity index (χ1) is 9.52. The first kappa shape index (κ1) is 13.9. The summed E-state index contributed by atoms with van der Waals surface area (Å²) in [4.78, 5) is 28.5. The third-order valence-electron chi connectivity index (χ3n) is 4.68. The van der Waals surface area contributed by atoms with Crippen molar-refractivity contribution in [2.24, 2.45) is 11.8 Å². The zero-order valence-corrected chi connectivity index (χ0v) is 12.5. The summed E-state index contributed by atoms with van der Waals surface area (Å²) in [5.41, 5.74) is 0. The van der Waals surface area contributed by atoms with Gasteiger partial charge < -0.3 is 15.1 Å². The number of carbonyl (C=O) groups excluding carboxylic acids is 2. The Bertz CT molecular complexity index is 398. The molecule has 3 heterocycles. The Morgan fingerprint density at radius 1 is 1.25 bits per heavy atom. The first-order valence-electron chi connectivity index (χ1n) is 7.85. The normalized spacial score (nSPS) is 33.4. The van der Waals surface area contributed by atoms with Gasteiger partial charge in [0.25, 0.3) is 0 Å². The van der Waals surface area contributed by atoms with Crippen LogP contribution in [0.15, 0.2) is 0 Å². The Hall–Kier alpha value is -1.10. The van der Waals surface area contributed by atoms with Crippen LogP contribution in [0.3, 0.4) is 0 Å². The van der Waals surface area contributed by atoms with E-state index in [1.165, 1.54) is 12.8 Å². The molecule has 112 valence electrons. The number of nitrogens with zero attached hydrogens (tertiary/aromatic N) is 2. The van der Waals surface area contributed by atoms with Gasteiger partial charge in [-0.15, -0.1) is 0 Å². The van der Waals surface area contributed by atoms with Crippen molar-refractivity contribution in [3.63, 3.8) is 0 Å². The first-order valence-corrected chi connectivity index (χ1v) is 7.85. The number of amides is 2. The summed E-state index contributed by atoms with van der Waals surface area (Å²) in [5, 5.41) is 3.54. The maximum Gasteiger partial charge on any atom is 0.228 e. The molecule has 0 aliphatic carbocycles. The molecule has 3 rings (SSSR count). The topological polar surface area (TPSA) is 52.7 Å². The van der Waals surface area contributed by atoms with Crippen molar-refractivity contribution in [2.45, 2.75) is 45.2 Å². The Kier molecular flexibility index (Phi) is 3.71. The second kappa shape index (κ2) is 5.35. The van der Waals surface area contributed by atoms with Crippen LogP contribution in [0.25, 0.3) is 0 Å². The largest absolute Gasteiger partial charge is 0.342 e. The molecular weight excluding hydrogens is 254 g/mol. The van der Waals surface area contributed by atoms with Crippen molar-refractivity contribution in [1.29, 1.82) is 0 Å². The molecule has 3 aliphatic rings. The van der Waals surface area contributed by atoms with Crippen molar-refractivity contribution in [3.8, 4) is 0 Å². The minimum Gasteiger partial charge on any atom is -0.342 e. The molecule has 20 heavy (non-hydrogen) atoms. The van der Waals surface area contributed by atoms with Gasteiger partial charge in [0.2, 0.25) is 11.8 Å². The lowest BCUT2D eigenvalue weighted by molar-refractivity contribution is -0.137. The molecule has 3 aliphatic heterocycles. The molecule has 1 N–H and O–H groups in total. The average Bonchev–Trinajstić information content (AvgIpc) is 2.91. The molecule has 3 atom stereocenters. The molecule has 5 heteroatoms. The Morgan fingerprint density at radius 3 is 2.50 bits per heavy atom. The average molecular weight is 279 g/mol. The molecule has 0 radical (unpaired) electrons. The third-order valence-corrected chi connectivity index (χ3v) is 4.68. The molecule has 0 spiro atoms. The minimum absolute atomic E-state index is 0.112. The molecule has 3 fully saturated rings. The Morgan fingerprint density at radius 2 is 1.90 bits per heavy atom. The van der Waals surface area contributed by atoms with Gasteiger partial charge in [0.05, 0.1) is 5.92 Å². The van der Waals surface area contributed by atoms with Crippen molar-refractivity contribution >= 4 is 11.8 Å². The quantitative estimate of drug-likeness (QED) is 0.816. The van der Waals surface area contributed by atoms with E-state index in [0.717, 1.165) is 19.6 Å². The van der Waals surface area contributed by atoms with Gasteiger partial charge in [-0.2, -0.15) is 0 Å². The van der Waals surface area contributed by atoms with Gasteiger partial charge in [0.15, 0.2) is 0 Å². The van der Waals surface area contributed by atoms with Crippen LogP contribution in [0, 0.1) is 11.8 Å². The molecule has 5 nitrogen and oxygen atoms in total. The van der Waals surface area contributed by atoms with E-state index in [0.29, 0.717) is 31.0 Å². The molecular formula is C15H25N3O2. The predicted octanol–water partition coefficient (Wildman–Crippen LogP) is 0.454. The highest BCUT2D eigenvalue weighted by atomic mass is 16.2. The van der Waals surface area contributed by atoms with E-state index in [1.54, 1.807) is 0 Å². The lowest BCUT2D eigenvalue weighted by Gasteiger charge is -2.34. The second-order valence-corrected chi connectivity index (χ2v) is 6.97. The van der Waals surface area contributed by atoms with Crippen LogP contribution in [0.2, 0.25) is 0 Å². The molecule has 0 aromatic heterocycles. The Balaban J connectivity index is 1.59. The zero-order chi connectivity index (χ0) is 14.3. The SMILES string of the molecule is CC(C)CN1C[C@H](C(=O)N2C[C@H]3CC[C@@H](C2)N3)CC1=O. The number of fused-ring (bicyclic) bond motifs is 2. The smallest absolute Gasteiger partial charge is 0.228 e. The number of nitrogens with one attached hydrogen (secondary N) is 1. The van der Waals surface area contributed by atoms with E-state index in [-0.39, 0.29) is 17.7 Å². The molecule has 0 aromatic rings. The highest BCUT2D eigenvalue weighted by molar-refractivity contribution is 5.89.